The van der Waals surface area contributed by atoms with Gasteiger partial charge in [-0.05, 0) is 45.6 Å². The van der Waals surface area contributed by atoms with Crippen molar-refractivity contribution in [3.05, 3.63) is 88.5 Å². The quantitative estimate of drug-likeness (QED) is 0.0471. The predicted molar refractivity (Wildman–Crippen MR) is 210 cm³/mol. The molecule has 0 N–H and O–H groups in total. The van der Waals surface area contributed by atoms with E-state index in [2.05, 4.69) is 29.7 Å². The van der Waals surface area contributed by atoms with Gasteiger partial charge < -0.3 is 40.5 Å². The molecule has 56 heavy (non-hydrogen) atoms. The van der Waals surface area contributed by atoms with Gasteiger partial charge >= 0.3 is 23.3 Å². The van der Waals surface area contributed by atoms with Crippen LogP contribution in [0.3, 0.4) is 0 Å². The molecule has 22 nitrogen and oxygen atoms in total. The molecule has 0 radical (unpaired) electrons. The highest BCUT2D eigenvalue weighted by atomic mass is 35.5. The van der Waals surface area contributed by atoms with Crippen molar-refractivity contribution in [1.82, 2.24) is 48.0 Å². The summed E-state index contributed by atoms with van der Waals surface area (Å²) in [5, 5.41) is 46.1. The molecule has 0 atom stereocenters. The van der Waals surface area contributed by atoms with Crippen molar-refractivity contribution < 1.29 is 19.7 Å². The Morgan fingerprint density at radius 3 is 0.857 bits per heavy atom. The third kappa shape index (κ3) is 12.7. The summed E-state index contributed by atoms with van der Waals surface area (Å²) in [7, 11) is 0. The molecule has 0 spiro atoms. The van der Waals surface area contributed by atoms with Crippen LogP contribution in [0.4, 0.5) is 23.3 Å². The van der Waals surface area contributed by atoms with E-state index >= 15 is 0 Å². The van der Waals surface area contributed by atoms with Crippen molar-refractivity contribution in [1.29, 1.82) is 0 Å². The van der Waals surface area contributed by atoms with Gasteiger partial charge in [0.05, 0.1) is 0 Å². The Hall–Kier alpha value is -5.06. The van der Waals surface area contributed by atoms with Crippen LogP contribution in [0.2, 0.25) is 0 Å². The van der Waals surface area contributed by atoms with Crippen LogP contribution in [0.15, 0.2) is 24.8 Å². The number of hydrogen-bond donors (Lipinski definition) is 0. The Morgan fingerprint density at radius 2 is 0.643 bits per heavy atom. The number of imidazole rings is 4. The first kappa shape index (κ1) is 47.1. The lowest BCUT2D eigenvalue weighted by atomic mass is 10.1. The Morgan fingerprint density at radius 1 is 0.429 bits per heavy atom. The summed E-state index contributed by atoms with van der Waals surface area (Å²) in [6, 6.07) is 0. The highest BCUT2D eigenvalue weighted by Crippen LogP contribution is 2.18. The van der Waals surface area contributed by atoms with E-state index in [1.165, 1.54) is 24.8 Å². The SMILES string of the molecule is Cc1ncc([N+](=O)[O-])n1CCN(CCCCCCCCN(CCn1c([N+](=O)[O-])cnc1C)CCn1c([N+](=O)[O-])cnc1C)CCn1c([N+](=O)[O-])cnc1C.Cl.Cl. The van der Waals surface area contributed by atoms with Crippen LogP contribution < -0.4 is 0 Å². The molecule has 0 saturated heterocycles. The molecule has 0 fully saturated rings. The molecule has 4 heterocycles. The molecule has 0 aliphatic rings. The molecule has 24 heteroatoms. The summed E-state index contributed by atoms with van der Waals surface area (Å²) in [5.74, 6) is 1.84. The molecule has 0 bridgehead atoms. The highest BCUT2D eigenvalue weighted by Gasteiger charge is 2.23. The van der Waals surface area contributed by atoms with Gasteiger partial charge in [0.1, 0.15) is 51.0 Å². The first-order valence-corrected chi connectivity index (χ1v) is 17.9. The van der Waals surface area contributed by atoms with E-state index in [-0.39, 0.29) is 48.1 Å². The Labute approximate surface area is 335 Å². The number of rotatable bonds is 25. The van der Waals surface area contributed by atoms with E-state index in [0.29, 0.717) is 88.7 Å². The van der Waals surface area contributed by atoms with Crippen molar-refractivity contribution >= 4 is 48.1 Å². The third-order valence-electron chi connectivity index (χ3n) is 9.64. The molecule has 0 saturated carbocycles. The maximum absolute atomic E-state index is 11.5. The van der Waals surface area contributed by atoms with Gasteiger partial charge in [-0.2, -0.15) is 0 Å². The van der Waals surface area contributed by atoms with Gasteiger partial charge in [0.25, 0.3) is 0 Å². The van der Waals surface area contributed by atoms with Crippen LogP contribution in [0, 0.1) is 68.2 Å². The predicted octanol–water partition coefficient (Wildman–Crippen LogP) is 5.23. The standard InChI is InChI=1S/C32H48N14O8.2ClH/c1-25-33-21-29(43(47)48)39(25)17-13-37(14-18-40-26(2)34-22-30(40)44(49)50)11-9-7-5-6-8-10-12-38(15-19-41-27(3)35-23-31(41)45(51)52)16-20-42-28(4)36-24-32(42)46(53)54;;/h21-24H,5-20H2,1-4H3;2*1H. The number of halogens is 2. The summed E-state index contributed by atoms with van der Waals surface area (Å²) in [6.07, 6.45) is 10.6. The van der Waals surface area contributed by atoms with E-state index in [0.717, 1.165) is 38.5 Å². The molecule has 4 aromatic heterocycles. The van der Waals surface area contributed by atoms with E-state index < -0.39 is 19.7 Å². The fourth-order valence-corrected chi connectivity index (χ4v) is 6.53. The molecule has 4 rings (SSSR count). The highest BCUT2D eigenvalue weighted by molar-refractivity contribution is 5.85. The largest absolute Gasteiger partial charge is 0.358 e. The van der Waals surface area contributed by atoms with Crippen molar-refractivity contribution in [2.24, 2.45) is 0 Å². The van der Waals surface area contributed by atoms with Crippen molar-refractivity contribution in [3.8, 4) is 0 Å². The molecule has 0 amide bonds. The van der Waals surface area contributed by atoms with Crippen LogP contribution in [0.5, 0.6) is 0 Å². The van der Waals surface area contributed by atoms with Crippen LogP contribution in [0.1, 0.15) is 61.8 Å². The smallest absolute Gasteiger partial charge is 0.342 e. The van der Waals surface area contributed by atoms with Gasteiger partial charge in [0, 0.05) is 53.9 Å². The van der Waals surface area contributed by atoms with Gasteiger partial charge in [-0.15, -0.1) is 24.8 Å². The second kappa shape index (κ2) is 22.5. The fraction of sp³-hybridized carbons (Fsp3) is 0.625. The fourth-order valence-electron chi connectivity index (χ4n) is 6.53. The first-order chi connectivity index (χ1) is 25.8. The number of unbranched alkanes of at least 4 members (excludes halogenated alkanes) is 5. The van der Waals surface area contributed by atoms with E-state index in [9.17, 15) is 40.5 Å². The Bertz CT molecular complexity index is 1650. The van der Waals surface area contributed by atoms with Gasteiger partial charge in [-0.1, -0.05) is 25.7 Å². The zero-order valence-electron chi connectivity index (χ0n) is 32.0. The maximum Gasteiger partial charge on any atom is 0.342 e. The number of nitro groups is 4. The van der Waals surface area contributed by atoms with Crippen LogP contribution in [-0.4, -0.2) is 107 Å². The minimum absolute atomic E-state index is 0. The van der Waals surface area contributed by atoms with E-state index in [1.54, 1.807) is 46.0 Å². The van der Waals surface area contributed by atoms with E-state index in [1.807, 2.05) is 0 Å². The second-order valence-corrected chi connectivity index (χ2v) is 13.1. The number of aromatic nitrogens is 8. The molecule has 0 aliphatic heterocycles. The van der Waals surface area contributed by atoms with Crippen molar-refractivity contribution in [2.75, 3.05) is 39.3 Å². The summed E-state index contributed by atoms with van der Waals surface area (Å²) in [5.41, 5.74) is 0. The molecule has 310 valence electrons. The zero-order chi connectivity index (χ0) is 39.4. The lowest BCUT2D eigenvalue weighted by Crippen LogP contribution is -2.32. The normalized spacial score (nSPS) is 11.2. The van der Waals surface area contributed by atoms with Gasteiger partial charge in [0.15, 0.2) is 23.3 Å². The van der Waals surface area contributed by atoms with Gasteiger partial charge in [-0.3, -0.25) is 9.80 Å². The summed E-state index contributed by atoms with van der Waals surface area (Å²) in [6.45, 7) is 11.7. The van der Waals surface area contributed by atoms with Crippen LogP contribution >= 0.6 is 24.8 Å². The van der Waals surface area contributed by atoms with Gasteiger partial charge in [-0.25, -0.2) is 38.2 Å². The van der Waals surface area contributed by atoms with E-state index in [4.69, 9.17) is 0 Å². The molecule has 0 unspecified atom stereocenters. The maximum atomic E-state index is 11.5. The lowest BCUT2D eigenvalue weighted by molar-refractivity contribution is -0.392. The monoisotopic (exact) mass is 828 g/mol. The molecular formula is C32H50Cl2N14O8. The molecular weight excluding hydrogens is 779 g/mol. The molecule has 0 aliphatic carbocycles. The Balaban J connectivity index is 0.00000541. The number of aryl methyl sites for hydroxylation is 4. The topological polar surface area (TPSA) is 250 Å². The Kier molecular flexibility index (Phi) is 18.9. The first-order valence-electron chi connectivity index (χ1n) is 17.9. The summed E-state index contributed by atoms with van der Waals surface area (Å²) < 4.78 is 6.27. The number of hydrogen-bond acceptors (Lipinski definition) is 14. The third-order valence-corrected chi connectivity index (χ3v) is 9.64. The second-order valence-electron chi connectivity index (χ2n) is 13.1. The van der Waals surface area contributed by atoms with Gasteiger partial charge in [0.2, 0.25) is 0 Å². The summed E-state index contributed by atoms with van der Waals surface area (Å²) in [4.78, 5) is 64.9. The molecule has 0 aromatic carbocycles. The lowest BCUT2D eigenvalue weighted by Gasteiger charge is -2.22. The minimum Gasteiger partial charge on any atom is -0.358 e. The molecule has 4 aromatic rings. The van der Waals surface area contributed by atoms with Crippen LogP contribution in [0.25, 0.3) is 0 Å². The van der Waals surface area contributed by atoms with Crippen molar-refractivity contribution in [2.45, 2.75) is 92.4 Å². The zero-order valence-corrected chi connectivity index (χ0v) is 33.6. The van der Waals surface area contributed by atoms with Crippen LogP contribution in [-0.2, 0) is 26.2 Å². The average Bonchev–Trinajstić information content (AvgIpc) is 3.89. The minimum atomic E-state index is -0.457. The average molecular weight is 830 g/mol. The number of nitrogens with zero attached hydrogens (tertiary/aromatic N) is 14. The summed E-state index contributed by atoms with van der Waals surface area (Å²) >= 11 is 0. The van der Waals surface area contributed by atoms with Crippen molar-refractivity contribution in [3.63, 3.8) is 0 Å².